The van der Waals surface area contributed by atoms with Crippen LogP contribution in [-0.2, 0) is 16.8 Å². The molecule has 112 valence electrons. The van der Waals surface area contributed by atoms with Crippen LogP contribution in [0.3, 0.4) is 0 Å². The molecule has 0 aliphatic carbocycles. The van der Waals surface area contributed by atoms with Gasteiger partial charge in [0.25, 0.3) is 0 Å². The lowest BCUT2D eigenvalue weighted by Gasteiger charge is -2.23. The fourth-order valence-electron chi connectivity index (χ4n) is 2.61. The first-order chi connectivity index (χ1) is 10.6. The summed E-state index contributed by atoms with van der Waals surface area (Å²) in [6.45, 7) is 4.32. The smallest absolute Gasteiger partial charge is 0.230 e. The van der Waals surface area contributed by atoms with Crippen molar-refractivity contribution in [1.29, 1.82) is 0 Å². The maximum absolute atomic E-state index is 12.6. The molecule has 3 rings (SSSR count). The minimum absolute atomic E-state index is 0.0112. The van der Waals surface area contributed by atoms with Crippen molar-refractivity contribution in [2.24, 2.45) is 0 Å². The number of hydrogen-bond acceptors (Lipinski definition) is 2. The van der Waals surface area contributed by atoms with E-state index in [1.807, 2.05) is 62.5 Å². The van der Waals surface area contributed by atoms with Crippen LogP contribution in [0.4, 0.5) is 0 Å². The summed E-state index contributed by atoms with van der Waals surface area (Å²) in [5.74, 6) is -0.0112. The van der Waals surface area contributed by atoms with Gasteiger partial charge in [0.05, 0.1) is 17.7 Å². The third-order valence-corrected chi connectivity index (χ3v) is 3.99. The first-order valence-corrected chi connectivity index (χ1v) is 7.34. The van der Waals surface area contributed by atoms with E-state index in [0.29, 0.717) is 6.54 Å². The molecule has 4 nitrogen and oxygen atoms in total. The Labute approximate surface area is 129 Å². The average Bonchev–Trinajstić information content (AvgIpc) is 2.98. The van der Waals surface area contributed by atoms with E-state index in [2.05, 4.69) is 15.3 Å². The van der Waals surface area contributed by atoms with Crippen LogP contribution >= 0.6 is 0 Å². The fourth-order valence-corrected chi connectivity index (χ4v) is 2.61. The van der Waals surface area contributed by atoms with Crippen molar-refractivity contribution in [3.05, 3.63) is 66.1 Å². The summed E-state index contributed by atoms with van der Waals surface area (Å²) in [4.78, 5) is 20.1. The van der Waals surface area contributed by atoms with Crippen molar-refractivity contribution in [3.63, 3.8) is 0 Å². The van der Waals surface area contributed by atoms with Crippen LogP contribution < -0.4 is 5.32 Å². The van der Waals surface area contributed by atoms with Crippen molar-refractivity contribution in [1.82, 2.24) is 15.3 Å². The van der Waals surface area contributed by atoms with Crippen LogP contribution in [0.1, 0.15) is 25.1 Å². The normalized spacial score (nSPS) is 11.5. The molecule has 2 aromatic heterocycles. The minimum atomic E-state index is -0.617. The van der Waals surface area contributed by atoms with Gasteiger partial charge in [-0.2, -0.15) is 0 Å². The highest BCUT2D eigenvalue weighted by molar-refractivity contribution is 5.94. The third-order valence-electron chi connectivity index (χ3n) is 3.99. The number of H-pyrrole nitrogens is 1. The molecule has 2 heterocycles. The van der Waals surface area contributed by atoms with Gasteiger partial charge in [-0.15, -0.1) is 0 Å². The molecule has 22 heavy (non-hydrogen) atoms. The van der Waals surface area contributed by atoms with E-state index >= 15 is 0 Å². The number of aromatic amines is 1. The Morgan fingerprint density at radius 3 is 2.73 bits per heavy atom. The highest BCUT2D eigenvalue weighted by atomic mass is 16.2. The van der Waals surface area contributed by atoms with E-state index in [1.54, 1.807) is 6.20 Å². The number of hydrogen-bond donors (Lipinski definition) is 2. The van der Waals surface area contributed by atoms with Gasteiger partial charge in [-0.3, -0.25) is 9.78 Å². The number of fused-ring (bicyclic) bond motifs is 1. The van der Waals surface area contributed by atoms with E-state index in [0.717, 1.165) is 22.2 Å². The molecule has 0 radical (unpaired) electrons. The van der Waals surface area contributed by atoms with Gasteiger partial charge >= 0.3 is 0 Å². The first-order valence-electron chi connectivity index (χ1n) is 7.34. The molecule has 0 saturated carbocycles. The quantitative estimate of drug-likeness (QED) is 0.776. The highest BCUT2D eigenvalue weighted by Gasteiger charge is 2.31. The highest BCUT2D eigenvalue weighted by Crippen LogP contribution is 2.30. The third kappa shape index (κ3) is 2.60. The number of pyridine rings is 1. The van der Waals surface area contributed by atoms with Crippen LogP contribution in [-0.4, -0.2) is 15.9 Å². The van der Waals surface area contributed by atoms with E-state index in [1.165, 1.54) is 0 Å². The summed E-state index contributed by atoms with van der Waals surface area (Å²) in [7, 11) is 0. The molecule has 1 aromatic carbocycles. The van der Waals surface area contributed by atoms with Crippen molar-refractivity contribution < 1.29 is 4.79 Å². The summed E-state index contributed by atoms with van der Waals surface area (Å²) < 4.78 is 0. The Kier molecular flexibility index (Phi) is 3.67. The number of nitrogens with one attached hydrogen (secondary N) is 2. The lowest BCUT2D eigenvalue weighted by molar-refractivity contribution is -0.125. The molecule has 0 atom stereocenters. The number of carbonyl (C=O) groups excluding carboxylic acids is 1. The number of amides is 1. The van der Waals surface area contributed by atoms with E-state index in [-0.39, 0.29) is 5.91 Å². The second kappa shape index (κ2) is 5.64. The van der Waals surface area contributed by atoms with Crippen LogP contribution in [0.15, 0.2) is 54.9 Å². The van der Waals surface area contributed by atoms with Gasteiger partial charge in [-0.1, -0.05) is 24.3 Å². The Bertz CT molecular complexity index is 790. The number of nitrogens with zero attached hydrogens (tertiary/aromatic N) is 1. The maximum Gasteiger partial charge on any atom is 0.230 e. The van der Waals surface area contributed by atoms with Gasteiger partial charge in [0.2, 0.25) is 5.91 Å². The zero-order chi connectivity index (χ0) is 15.6. The number of carbonyl (C=O) groups is 1. The molecule has 0 spiro atoms. The predicted octanol–water partition coefficient (Wildman–Crippen LogP) is 3.16. The topological polar surface area (TPSA) is 57.8 Å². The number of para-hydroxylation sites is 1. The average molecular weight is 293 g/mol. The van der Waals surface area contributed by atoms with Gasteiger partial charge in [-0.25, -0.2) is 0 Å². The molecule has 0 bridgehead atoms. The zero-order valence-electron chi connectivity index (χ0n) is 12.8. The summed E-state index contributed by atoms with van der Waals surface area (Å²) in [5, 5.41) is 4.06. The lowest BCUT2D eigenvalue weighted by Crippen LogP contribution is -2.39. The Balaban J connectivity index is 1.81. The molecule has 0 unspecified atom stereocenters. The van der Waals surface area contributed by atoms with Gasteiger partial charge in [0.15, 0.2) is 0 Å². The molecule has 0 aliphatic heterocycles. The van der Waals surface area contributed by atoms with Crippen molar-refractivity contribution >= 4 is 16.8 Å². The molecule has 0 saturated heterocycles. The van der Waals surface area contributed by atoms with E-state index < -0.39 is 5.41 Å². The molecule has 3 aromatic rings. The molecule has 0 aliphatic rings. The molecule has 4 heteroatoms. The Morgan fingerprint density at radius 1 is 1.18 bits per heavy atom. The first kappa shape index (κ1) is 14.3. The van der Waals surface area contributed by atoms with Crippen LogP contribution in [0.5, 0.6) is 0 Å². The second-order valence-corrected chi connectivity index (χ2v) is 5.88. The van der Waals surface area contributed by atoms with Crippen LogP contribution in [0.2, 0.25) is 0 Å². The predicted molar refractivity (Wildman–Crippen MR) is 87.4 cm³/mol. The molecular weight excluding hydrogens is 274 g/mol. The van der Waals surface area contributed by atoms with Crippen LogP contribution in [0, 0.1) is 0 Å². The number of rotatable bonds is 4. The minimum Gasteiger partial charge on any atom is -0.361 e. The largest absolute Gasteiger partial charge is 0.361 e. The Hall–Kier alpha value is -2.62. The number of benzene rings is 1. The van der Waals surface area contributed by atoms with Crippen molar-refractivity contribution in [2.45, 2.75) is 25.8 Å². The summed E-state index contributed by atoms with van der Waals surface area (Å²) in [5.41, 5.74) is 2.28. The van der Waals surface area contributed by atoms with Gasteiger partial charge in [0, 0.05) is 23.3 Å². The summed E-state index contributed by atoms with van der Waals surface area (Å²) >= 11 is 0. The number of aromatic nitrogens is 2. The van der Waals surface area contributed by atoms with E-state index in [4.69, 9.17) is 0 Å². The molecule has 1 amide bonds. The van der Waals surface area contributed by atoms with Crippen molar-refractivity contribution in [3.8, 4) is 0 Å². The fraction of sp³-hybridized carbons (Fsp3) is 0.222. The zero-order valence-corrected chi connectivity index (χ0v) is 12.8. The summed E-state index contributed by atoms with van der Waals surface area (Å²) in [6.07, 6.45) is 3.65. The summed E-state index contributed by atoms with van der Waals surface area (Å²) in [6, 6.07) is 13.7. The standard InChI is InChI=1S/C18H19N3O/c1-18(2,15-12-20-16-9-4-3-8-14(15)16)17(22)21-11-13-7-5-6-10-19-13/h3-10,12,20H,11H2,1-2H3,(H,21,22). The van der Waals surface area contributed by atoms with Gasteiger partial charge in [-0.05, 0) is 37.6 Å². The van der Waals surface area contributed by atoms with Crippen molar-refractivity contribution in [2.75, 3.05) is 0 Å². The van der Waals surface area contributed by atoms with Crippen LogP contribution in [0.25, 0.3) is 10.9 Å². The SMILES string of the molecule is CC(C)(C(=O)NCc1ccccn1)c1c[nH]c2ccccc12. The maximum atomic E-state index is 12.6. The second-order valence-electron chi connectivity index (χ2n) is 5.88. The van der Waals surface area contributed by atoms with Gasteiger partial charge in [0.1, 0.15) is 0 Å². The molecular formula is C18H19N3O. The Morgan fingerprint density at radius 2 is 1.95 bits per heavy atom. The monoisotopic (exact) mass is 293 g/mol. The van der Waals surface area contributed by atoms with Gasteiger partial charge < -0.3 is 10.3 Å². The molecule has 0 fully saturated rings. The lowest BCUT2D eigenvalue weighted by atomic mass is 9.83. The molecule has 2 N–H and O–H groups in total. The van der Waals surface area contributed by atoms with E-state index in [9.17, 15) is 4.79 Å².